The van der Waals surface area contributed by atoms with Crippen LogP contribution in [0.25, 0.3) is 11.0 Å². The Hall–Kier alpha value is -3.06. The smallest absolute Gasteiger partial charge is 0.121 e. The van der Waals surface area contributed by atoms with Gasteiger partial charge in [-0.05, 0) is 59.2 Å². The molecular weight excluding hydrogens is 410 g/mol. The lowest BCUT2D eigenvalue weighted by atomic mass is 9.57. The highest BCUT2D eigenvalue weighted by Crippen LogP contribution is 2.59. The number of aromatic nitrogens is 3. The third kappa shape index (κ3) is 2.72. The quantitative estimate of drug-likeness (QED) is 0.437. The van der Waals surface area contributed by atoms with Crippen LogP contribution in [-0.4, -0.2) is 21.5 Å². The molecule has 0 saturated heterocycles. The van der Waals surface area contributed by atoms with Crippen molar-refractivity contribution in [2.75, 3.05) is 6.54 Å². The van der Waals surface area contributed by atoms with E-state index < -0.39 is 0 Å². The van der Waals surface area contributed by atoms with Gasteiger partial charge in [-0.15, -0.1) is 0 Å². The molecule has 4 atom stereocenters. The second kappa shape index (κ2) is 7.22. The molecule has 4 N–H and O–H groups in total. The third-order valence-corrected chi connectivity index (χ3v) is 8.07. The van der Waals surface area contributed by atoms with E-state index in [2.05, 4.69) is 46.7 Å². The fraction of sp³-hybridized carbons (Fsp3) is 0.333. The predicted molar refractivity (Wildman–Crippen MR) is 127 cm³/mol. The third-order valence-electron chi connectivity index (χ3n) is 8.07. The number of H-pyrrole nitrogens is 1. The SMILES string of the molecule is NCC1(C2CCC(NCc3nc4ccccc4[nH]3)c3ncccc32)c2ccc3c(c2)COC31. The monoisotopic (exact) mass is 437 g/mol. The maximum absolute atomic E-state index is 6.58. The largest absolute Gasteiger partial charge is 0.368 e. The van der Waals surface area contributed by atoms with Crippen molar-refractivity contribution in [3.63, 3.8) is 0 Å². The van der Waals surface area contributed by atoms with Gasteiger partial charge in [0.05, 0.1) is 42.0 Å². The molecule has 4 bridgehead atoms. The topological polar surface area (TPSA) is 88.8 Å². The summed E-state index contributed by atoms with van der Waals surface area (Å²) in [7, 11) is 0. The van der Waals surface area contributed by atoms with Gasteiger partial charge >= 0.3 is 0 Å². The first-order valence-electron chi connectivity index (χ1n) is 11.8. The van der Waals surface area contributed by atoms with Gasteiger partial charge in [-0.3, -0.25) is 4.98 Å². The van der Waals surface area contributed by atoms with Crippen LogP contribution >= 0.6 is 0 Å². The fourth-order valence-corrected chi connectivity index (χ4v) is 6.55. The number of benzene rings is 2. The molecular formula is C27H27N5O. The number of nitrogens with one attached hydrogen (secondary N) is 2. The van der Waals surface area contributed by atoms with Gasteiger partial charge in [0.1, 0.15) is 5.82 Å². The molecule has 3 heterocycles. The van der Waals surface area contributed by atoms with E-state index in [1.807, 2.05) is 24.4 Å². The maximum Gasteiger partial charge on any atom is 0.121 e. The number of ether oxygens (including phenoxy) is 1. The summed E-state index contributed by atoms with van der Waals surface area (Å²) < 4.78 is 6.34. The summed E-state index contributed by atoms with van der Waals surface area (Å²) in [6.07, 6.45) is 4.01. The van der Waals surface area contributed by atoms with Crippen LogP contribution in [0.15, 0.2) is 60.8 Å². The molecule has 3 aliphatic carbocycles. The summed E-state index contributed by atoms with van der Waals surface area (Å²) in [6, 6.07) is 19.5. The van der Waals surface area contributed by atoms with E-state index in [0.29, 0.717) is 19.7 Å². The Labute approximate surface area is 192 Å². The first kappa shape index (κ1) is 19.4. The standard InChI is InChI=1S/C27H27N5O/c28-15-27(17-7-8-18-16(12-17)14-33-26(18)27)20-9-10-23(25-19(20)4-3-11-29-25)30-13-24-31-21-5-1-2-6-22(21)32-24/h1-8,11-12,20,23,26,30H,9-10,13-15,28H2,(H,31,32). The van der Waals surface area contributed by atoms with Crippen LogP contribution in [0, 0.1) is 0 Å². The Kier molecular flexibility index (Phi) is 4.25. The second-order valence-electron chi connectivity index (χ2n) is 9.59. The Balaban J connectivity index is 1.21. The Morgan fingerprint density at radius 1 is 1.09 bits per heavy atom. The fourth-order valence-electron chi connectivity index (χ4n) is 6.55. The number of hydrogen-bond donors (Lipinski definition) is 3. The molecule has 0 fully saturated rings. The molecule has 8 rings (SSSR count). The maximum atomic E-state index is 6.58. The lowest BCUT2D eigenvalue weighted by molar-refractivity contribution is -0.00572. The number of hydrogen-bond acceptors (Lipinski definition) is 5. The number of imidazole rings is 1. The number of nitrogens with zero attached hydrogens (tertiary/aromatic N) is 2. The number of pyridine rings is 1. The average molecular weight is 438 g/mol. The molecule has 1 aliphatic heterocycles. The van der Waals surface area contributed by atoms with Gasteiger partial charge in [0, 0.05) is 18.2 Å². The van der Waals surface area contributed by atoms with Gasteiger partial charge < -0.3 is 20.8 Å². The zero-order chi connectivity index (χ0) is 22.0. The lowest BCUT2D eigenvalue weighted by Gasteiger charge is -2.49. The van der Waals surface area contributed by atoms with Gasteiger partial charge in [0.15, 0.2) is 0 Å². The Morgan fingerprint density at radius 2 is 2.03 bits per heavy atom. The molecule has 2 aromatic heterocycles. The summed E-state index contributed by atoms with van der Waals surface area (Å²) in [5.74, 6) is 1.24. The summed E-state index contributed by atoms with van der Waals surface area (Å²) in [6.45, 7) is 1.95. The first-order chi connectivity index (χ1) is 16.3. The summed E-state index contributed by atoms with van der Waals surface area (Å²) in [5, 5.41) is 3.72. The van der Waals surface area contributed by atoms with E-state index in [0.717, 1.165) is 35.4 Å². The number of nitrogens with two attached hydrogens (primary N) is 1. The van der Waals surface area contributed by atoms with E-state index in [1.165, 1.54) is 22.3 Å². The minimum Gasteiger partial charge on any atom is -0.368 e. The number of fused-ring (bicyclic) bond motifs is 3. The lowest BCUT2D eigenvalue weighted by Crippen LogP contribution is -2.49. The van der Waals surface area contributed by atoms with Crippen LogP contribution < -0.4 is 11.1 Å². The summed E-state index contributed by atoms with van der Waals surface area (Å²) in [4.78, 5) is 13.0. The molecule has 0 spiro atoms. The Bertz CT molecular complexity index is 1330. The van der Waals surface area contributed by atoms with Crippen LogP contribution in [0.3, 0.4) is 0 Å². The molecule has 4 unspecified atom stereocenters. The van der Waals surface area contributed by atoms with Crippen LogP contribution in [0.1, 0.15) is 64.7 Å². The van der Waals surface area contributed by atoms with Crippen molar-refractivity contribution < 1.29 is 4.74 Å². The molecule has 6 heteroatoms. The van der Waals surface area contributed by atoms with Gasteiger partial charge in [0.2, 0.25) is 0 Å². The van der Waals surface area contributed by atoms with Crippen molar-refractivity contribution in [3.8, 4) is 0 Å². The van der Waals surface area contributed by atoms with Crippen LogP contribution in [0.4, 0.5) is 0 Å². The average Bonchev–Trinajstić information content (AvgIpc) is 3.45. The van der Waals surface area contributed by atoms with Crippen LogP contribution in [0.5, 0.6) is 0 Å². The van der Waals surface area contributed by atoms with E-state index in [1.54, 1.807) is 0 Å². The zero-order valence-electron chi connectivity index (χ0n) is 18.4. The molecule has 4 aliphatic rings. The van der Waals surface area contributed by atoms with E-state index in [4.69, 9.17) is 20.4 Å². The number of aromatic amines is 1. The van der Waals surface area contributed by atoms with E-state index >= 15 is 0 Å². The molecule has 0 radical (unpaired) electrons. The minimum atomic E-state index is -0.217. The highest BCUT2D eigenvalue weighted by Gasteiger charge is 2.54. The highest BCUT2D eigenvalue weighted by molar-refractivity contribution is 5.74. The van der Waals surface area contributed by atoms with E-state index in [-0.39, 0.29) is 23.5 Å². The second-order valence-corrected chi connectivity index (χ2v) is 9.59. The zero-order valence-corrected chi connectivity index (χ0v) is 18.4. The van der Waals surface area contributed by atoms with Crippen molar-refractivity contribution >= 4 is 11.0 Å². The van der Waals surface area contributed by atoms with Gasteiger partial charge in [0.25, 0.3) is 0 Å². The molecule has 6 nitrogen and oxygen atoms in total. The Morgan fingerprint density at radius 3 is 2.94 bits per heavy atom. The van der Waals surface area contributed by atoms with E-state index in [9.17, 15) is 0 Å². The van der Waals surface area contributed by atoms with Crippen LogP contribution in [0.2, 0.25) is 0 Å². The molecule has 0 amide bonds. The van der Waals surface area contributed by atoms with Crippen molar-refractivity contribution in [1.29, 1.82) is 0 Å². The van der Waals surface area contributed by atoms with Crippen molar-refractivity contribution in [1.82, 2.24) is 20.3 Å². The predicted octanol–water partition coefficient (Wildman–Crippen LogP) is 4.15. The highest BCUT2D eigenvalue weighted by atomic mass is 16.5. The molecule has 0 saturated carbocycles. The summed E-state index contributed by atoms with van der Waals surface area (Å²) in [5.41, 5.74) is 14.8. The molecule has 4 aromatic rings. The number of rotatable bonds is 5. The molecule has 2 aromatic carbocycles. The summed E-state index contributed by atoms with van der Waals surface area (Å²) >= 11 is 0. The number of para-hydroxylation sites is 2. The van der Waals surface area contributed by atoms with Gasteiger partial charge in [-0.25, -0.2) is 4.98 Å². The van der Waals surface area contributed by atoms with Gasteiger partial charge in [-0.1, -0.05) is 36.4 Å². The molecule has 166 valence electrons. The molecule has 33 heavy (non-hydrogen) atoms. The van der Waals surface area contributed by atoms with Crippen molar-refractivity contribution in [2.45, 2.75) is 49.5 Å². The van der Waals surface area contributed by atoms with Crippen molar-refractivity contribution in [2.24, 2.45) is 5.73 Å². The minimum absolute atomic E-state index is 0.0561. The normalized spacial score (nSPS) is 27.2. The van der Waals surface area contributed by atoms with Crippen molar-refractivity contribution in [3.05, 3.63) is 94.6 Å². The van der Waals surface area contributed by atoms with Gasteiger partial charge in [-0.2, -0.15) is 0 Å². The van der Waals surface area contributed by atoms with Crippen LogP contribution in [-0.2, 0) is 23.3 Å². The first-order valence-corrected chi connectivity index (χ1v) is 11.8.